The lowest BCUT2D eigenvalue weighted by atomic mass is 10.0. The van der Waals surface area contributed by atoms with E-state index in [0.717, 1.165) is 15.4 Å². The van der Waals surface area contributed by atoms with Gasteiger partial charge in [-0.05, 0) is 43.2 Å². The monoisotopic (exact) mass is 452 g/mol. The number of benzene rings is 3. The summed E-state index contributed by atoms with van der Waals surface area (Å²) < 4.78 is 33.4. The number of methoxy groups -OCH3 is 1. The van der Waals surface area contributed by atoms with Crippen molar-refractivity contribution in [1.29, 1.82) is 0 Å². The van der Waals surface area contributed by atoms with E-state index in [2.05, 4.69) is 5.32 Å². The second-order valence-corrected chi connectivity index (χ2v) is 9.33. The molecule has 7 heteroatoms. The largest absolute Gasteiger partial charge is 0.497 e. The zero-order chi connectivity index (χ0) is 23.1. The van der Waals surface area contributed by atoms with Gasteiger partial charge < -0.3 is 10.1 Å². The average molecular weight is 453 g/mol. The topological polar surface area (TPSA) is 75.7 Å². The Morgan fingerprint density at radius 3 is 2.31 bits per heavy atom. The molecule has 3 aromatic carbocycles. The lowest BCUT2D eigenvalue weighted by Gasteiger charge is -2.26. The maximum Gasteiger partial charge on any atom is 0.264 e. The van der Waals surface area contributed by atoms with Gasteiger partial charge in [0, 0.05) is 6.07 Å². The maximum absolute atomic E-state index is 13.5. The second-order valence-electron chi connectivity index (χ2n) is 7.47. The summed E-state index contributed by atoms with van der Waals surface area (Å²) in [6.45, 7) is 3.51. The van der Waals surface area contributed by atoms with Crippen LogP contribution >= 0.6 is 0 Å². The molecule has 0 aliphatic rings. The van der Waals surface area contributed by atoms with Gasteiger partial charge in [0.25, 0.3) is 10.0 Å². The fraction of sp³-hybridized carbons (Fsp3) is 0.240. The first kappa shape index (κ1) is 23.3. The fourth-order valence-electron chi connectivity index (χ4n) is 3.39. The summed E-state index contributed by atoms with van der Waals surface area (Å²) >= 11 is 0. The molecule has 1 amide bonds. The van der Waals surface area contributed by atoms with Crippen molar-refractivity contribution in [2.75, 3.05) is 18.0 Å². The highest BCUT2D eigenvalue weighted by molar-refractivity contribution is 7.92. The molecule has 3 aromatic rings. The number of nitrogens with zero attached hydrogens (tertiary/aromatic N) is 1. The Kier molecular flexibility index (Phi) is 7.53. The molecular weight excluding hydrogens is 424 g/mol. The number of hydrogen-bond acceptors (Lipinski definition) is 4. The van der Waals surface area contributed by atoms with Crippen molar-refractivity contribution in [3.8, 4) is 5.75 Å². The Bertz CT molecular complexity index is 1150. The van der Waals surface area contributed by atoms with Crippen LogP contribution in [-0.2, 0) is 14.8 Å². The minimum absolute atomic E-state index is 0.119. The first-order valence-electron chi connectivity index (χ1n) is 10.4. The molecule has 0 saturated carbocycles. The number of aryl methyl sites for hydroxylation is 1. The van der Waals surface area contributed by atoms with Gasteiger partial charge in [-0.25, -0.2) is 8.42 Å². The lowest BCUT2D eigenvalue weighted by molar-refractivity contribution is -0.120. The summed E-state index contributed by atoms with van der Waals surface area (Å²) in [7, 11) is -2.47. The summed E-state index contributed by atoms with van der Waals surface area (Å²) in [4.78, 5) is 13.1. The van der Waals surface area contributed by atoms with E-state index in [4.69, 9.17) is 4.74 Å². The van der Waals surface area contributed by atoms with E-state index in [-0.39, 0.29) is 23.4 Å². The van der Waals surface area contributed by atoms with Crippen molar-refractivity contribution < 1.29 is 17.9 Å². The molecule has 0 aliphatic heterocycles. The molecule has 0 heterocycles. The molecule has 1 N–H and O–H groups in total. The van der Waals surface area contributed by atoms with Crippen LogP contribution in [0.1, 0.15) is 30.5 Å². The highest BCUT2D eigenvalue weighted by Crippen LogP contribution is 2.27. The quantitative estimate of drug-likeness (QED) is 0.520. The van der Waals surface area contributed by atoms with Crippen molar-refractivity contribution in [3.05, 3.63) is 90.0 Å². The van der Waals surface area contributed by atoms with Gasteiger partial charge in [0.05, 0.1) is 23.7 Å². The van der Waals surface area contributed by atoms with Crippen LogP contribution in [0.15, 0.2) is 83.8 Å². The summed E-state index contributed by atoms with van der Waals surface area (Å²) in [6.07, 6.45) is 0.680. The van der Waals surface area contributed by atoms with E-state index in [1.165, 1.54) is 7.11 Å². The van der Waals surface area contributed by atoms with Crippen molar-refractivity contribution in [2.45, 2.75) is 31.2 Å². The Hall–Kier alpha value is -3.32. The van der Waals surface area contributed by atoms with E-state index in [0.29, 0.717) is 17.9 Å². The Labute approximate surface area is 189 Å². The third kappa shape index (κ3) is 5.48. The number of anilines is 1. The molecule has 6 nitrogen and oxygen atoms in total. The van der Waals surface area contributed by atoms with E-state index < -0.39 is 10.0 Å². The molecular formula is C25H28N2O4S. The Morgan fingerprint density at radius 2 is 1.69 bits per heavy atom. The molecule has 168 valence electrons. The van der Waals surface area contributed by atoms with Gasteiger partial charge in [0.15, 0.2) is 0 Å². The number of hydrogen-bond donors (Lipinski definition) is 1. The van der Waals surface area contributed by atoms with Crippen LogP contribution in [-0.4, -0.2) is 28.0 Å². The smallest absolute Gasteiger partial charge is 0.264 e. The number of carbonyl (C=O) groups is 1. The molecule has 0 saturated heterocycles. The Morgan fingerprint density at radius 1 is 1.00 bits per heavy atom. The molecule has 0 spiro atoms. The molecule has 32 heavy (non-hydrogen) atoms. The average Bonchev–Trinajstić information content (AvgIpc) is 2.81. The van der Waals surface area contributed by atoms with Crippen molar-refractivity contribution >= 4 is 21.6 Å². The van der Waals surface area contributed by atoms with Crippen LogP contribution in [0.5, 0.6) is 5.75 Å². The van der Waals surface area contributed by atoms with E-state index in [9.17, 15) is 13.2 Å². The first-order valence-corrected chi connectivity index (χ1v) is 11.9. The number of rotatable bonds is 9. The van der Waals surface area contributed by atoms with Gasteiger partial charge in [-0.2, -0.15) is 0 Å². The third-order valence-corrected chi connectivity index (χ3v) is 6.97. The van der Waals surface area contributed by atoms with Crippen LogP contribution in [0, 0.1) is 6.92 Å². The predicted molar refractivity (Wildman–Crippen MR) is 126 cm³/mol. The SMILES string of the molecule is CCC(NC(=O)CN(c1cccc(OC)c1)S(=O)(=O)c1ccc(C)cc1)c1ccccc1. The number of nitrogens with one attached hydrogen (secondary N) is 1. The van der Waals surface area contributed by atoms with Crippen molar-refractivity contribution in [1.82, 2.24) is 5.32 Å². The molecule has 3 rings (SSSR count). The van der Waals surface area contributed by atoms with Crippen LogP contribution in [0.4, 0.5) is 5.69 Å². The minimum Gasteiger partial charge on any atom is -0.497 e. The fourth-order valence-corrected chi connectivity index (χ4v) is 4.81. The number of sulfonamides is 1. The molecule has 0 bridgehead atoms. The Balaban J connectivity index is 1.93. The highest BCUT2D eigenvalue weighted by atomic mass is 32.2. The zero-order valence-electron chi connectivity index (χ0n) is 18.5. The standard InChI is InChI=1S/C25H28N2O4S/c1-4-24(20-9-6-5-7-10-20)26-25(28)18-27(21-11-8-12-22(17-21)31-3)32(29,30)23-15-13-19(2)14-16-23/h5-17,24H,4,18H2,1-3H3,(H,26,28). The molecule has 1 atom stereocenters. The van der Waals surface area contributed by atoms with Gasteiger partial charge in [0.1, 0.15) is 12.3 Å². The van der Waals surface area contributed by atoms with Gasteiger partial charge in [-0.3, -0.25) is 9.10 Å². The van der Waals surface area contributed by atoms with Crippen LogP contribution in [0.25, 0.3) is 0 Å². The van der Waals surface area contributed by atoms with Crippen molar-refractivity contribution in [3.63, 3.8) is 0 Å². The molecule has 0 radical (unpaired) electrons. The second kappa shape index (κ2) is 10.3. The number of ether oxygens (including phenoxy) is 1. The number of carbonyl (C=O) groups excluding carboxylic acids is 1. The molecule has 0 aromatic heterocycles. The third-order valence-electron chi connectivity index (χ3n) is 5.18. The first-order chi connectivity index (χ1) is 15.3. The maximum atomic E-state index is 13.5. The van der Waals surface area contributed by atoms with E-state index in [1.807, 2.05) is 44.2 Å². The van der Waals surface area contributed by atoms with E-state index in [1.54, 1.807) is 48.5 Å². The van der Waals surface area contributed by atoms with Gasteiger partial charge in [-0.15, -0.1) is 0 Å². The summed E-state index contributed by atoms with van der Waals surface area (Å²) in [5, 5.41) is 2.97. The van der Waals surface area contributed by atoms with E-state index >= 15 is 0 Å². The van der Waals surface area contributed by atoms with Gasteiger partial charge in [0.2, 0.25) is 5.91 Å². The molecule has 1 unspecified atom stereocenters. The zero-order valence-corrected chi connectivity index (χ0v) is 19.3. The lowest BCUT2D eigenvalue weighted by Crippen LogP contribution is -2.42. The normalized spacial score (nSPS) is 12.1. The number of amides is 1. The van der Waals surface area contributed by atoms with Crippen LogP contribution < -0.4 is 14.4 Å². The summed E-state index contributed by atoms with van der Waals surface area (Å²) in [6, 6.07) is 22.7. The molecule has 0 fully saturated rings. The van der Waals surface area contributed by atoms with Gasteiger partial charge >= 0.3 is 0 Å². The molecule has 0 aliphatic carbocycles. The van der Waals surface area contributed by atoms with Crippen molar-refractivity contribution in [2.24, 2.45) is 0 Å². The van der Waals surface area contributed by atoms with Crippen LogP contribution in [0.3, 0.4) is 0 Å². The predicted octanol–water partition coefficient (Wildman–Crippen LogP) is 4.47. The minimum atomic E-state index is -3.98. The highest BCUT2D eigenvalue weighted by Gasteiger charge is 2.28. The van der Waals surface area contributed by atoms with Gasteiger partial charge in [-0.1, -0.05) is 61.0 Å². The van der Waals surface area contributed by atoms with Crippen LogP contribution in [0.2, 0.25) is 0 Å². The summed E-state index contributed by atoms with van der Waals surface area (Å²) in [5.41, 5.74) is 2.27. The summed E-state index contributed by atoms with van der Waals surface area (Å²) in [5.74, 6) is 0.113.